The summed E-state index contributed by atoms with van der Waals surface area (Å²) in [4.78, 5) is 22.4. The number of anilines is 1. The van der Waals surface area contributed by atoms with E-state index in [0.29, 0.717) is 6.54 Å². The second kappa shape index (κ2) is 5.02. The normalized spacial score (nSPS) is 10.2. The number of halogens is 1. The molecule has 2 heterocycles. The third-order valence-electron chi connectivity index (χ3n) is 1.87. The Hall–Kier alpha value is -1.80. The molecule has 2 aromatic heterocycles. The van der Waals surface area contributed by atoms with E-state index in [1.165, 1.54) is 17.7 Å². The van der Waals surface area contributed by atoms with E-state index >= 15 is 0 Å². The van der Waals surface area contributed by atoms with Gasteiger partial charge in [-0.25, -0.2) is 9.97 Å². The van der Waals surface area contributed by atoms with Crippen LogP contribution in [0.3, 0.4) is 0 Å². The van der Waals surface area contributed by atoms with Crippen molar-refractivity contribution in [3.8, 4) is 0 Å². The zero-order chi connectivity index (χ0) is 12.3. The summed E-state index contributed by atoms with van der Waals surface area (Å²) >= 11 is 7.08. The first-order chi connectivity index (χ1) is 8.18. The molecule has 0 radical (unpaired) electrons. The van der Waals surface area contributed by atoms with Gasteiger partial charge < -0.3 is 5.32 Å². The highest BCUT2D eigenvalue weighted by molar-refractivity contribution is 7.09. The summed E-state index contributed by atoms with van der Waals surface area (Å²) < 4.78 is 0. The number of nitrogens with one attached hydrogen (secondary N) is 1. The summed E-state index contributed by atoms with van der Waals surface area (Å²) in [7, 11) is 0. The monoisotopic (exact) mass is 271 g/mol. The van der Waals surface area contributed by atoms with Crippen LogP contribution < -0.4 is 5.32 Å². The Bertz CT molecular complexity index is 533. The van der Waals surface area contributed by atoms with Gasteiger partial charge in [-0.2, -0.15) is 0 Å². The standard InChI is InChI=1S/C8H6ClN5O2S/c9-7-6(14(15)16)8(13-3-12-7)11-2-5-1-10-4-17-5/h1,3-4H,2H2,(H,11,12,13). The number of aromatic nitrogens is 3. The van der Waals surface area contributed by atoms with Gasteiger partial charge in [-0.05, 0) is 0 Å². The van der Waals surface area contributed by atoms with Gasteiger partial charge in [0.25, 0.3) is 0 Å². The fourth-order valence-electron chi connectivity index (χ4n) is 1.15. The second-order valence-electron chi connectivity index (χ2n) is 2.94. The molecule has 0 atom stereocenters. The molecule has 0 aliphatic rings. The quantitative estimate of drug-likeness (QED) is 0.520. The average Bonchev–Trinajstić information content (AvgIpc) is 2.78. The number of nitro groups is 1. The van der Waals surface area contributed by atoms with Crippen molar-refractivity contribution in [2.45, 2.75) is 6.54 Å². The van der Waals surface area contributed by atoms with Crippen LogP contribution in [0.2, 0.25) is 5.15 Å². The van der Waals surface area contributed by atoms with E-state index in [-0.39, 0.29) is 16.7 Å². The average molecular weight is 272 g/mol. The van der Waals surface area contributed by atoms with Crippen molar-refractivity contribution in [1.29, 1.82) is 0 Å². The van der Waals surface area contributed by atoms with E-state index < -0.39 is 4.92 Å². The summed E-state index contributed by atoms with van der Waals surface area (Å²) in [5, 5.41) is 13.4. The lowest BCUT2D eigenvalue weighted by atomic mass is 10.4. The van der Waals surface area contributed by atoms with Crippen LogP contribution in [-0.4, -0.2) is 19.9 Å². The lowest BCUT2D eigenvalue weighted by Crippen LogP contribution is -2.05. The Morgan fingerprint density at radius 3 is 3.00 bits per heavy atom. The number of rotatable bonds is 4. The molecule has 0 saturated carbocycles. The molecule has 0 aliphatic heterocycles. The van der Waals surface area contributed by atoms with E-state index in [1.807, 2.05) is 0 Å². The summed E-state index contributed by atoms with van der Waals surface area (Å²) in [6.07, 6.45) is 2.84. The van der Waals surface area contributed by atoms with E-state index in [9.17, 15) is 10.1 Å². The molecule has 9 heteroatoms. The second-order valence-corrected chi connectivity index (χ2v) is 4.27. The fraction of sp³-hybridized carbons (Fsp3) is 0.125. The van der Waals surface area contributed by atoms with Crippen LogP contribution in [0.4, 0.5) is 11.5 Å². The first-order valence-electron chi connectivity index (χ1n) is 4.44. The zero-order valence-electron chi connectivity index (χ0n) is 8.33. The third kappa shape index (κ3) is 2.66. The first-order valence-corrected chi connectivity index (χ1v) is 5.70. The molecule has 0 bridgehead atoms. The van der Waals surface area contributed by atoms with E-state index in [4.69, 9.17) is 11.6 Å². The first kappa shape index (κ1) is 11.7. The lowest BCUT2D eigenvalue weighted by molar-refractivity contribution is -0.384. The largest absolute Gasteiger partial charge is 0.359 e. The number of thiazole rings is 1. The molecular weight excluding hydrogens is 266 g/mol. The number of hydrogen-bond donors (Lipinski definition) is 1. The van der Waals surface area contributed by atoms with Crippen LogP contribution in [-0.2, 0) is 6.54 Å². The van der Waals surface area contributed by atoms with Gasteiger partial charge in [0.15, 0.2) is 0 Å². The Balaban J connectivity index is 2.21. The van der Waals surface area contributed by atoms with E-state index in [2.05, 4.69) is 20.3 Å². The minimum atomic E-state index is -0.614. The van der Waals surface area contributed by atoms with Gasteiger partial charge in [0.05, 0.1) is 17.0 Å². The van der Waals surface area contributed by atoms with Crippen LogP contribution in [0.5, 0.6) is 0 Å². The molecule has 0 fully saturated rings. The maximum absolute atomic E-state index is 10.8. The molecule has 17 heavy (non-hydrogen) atoms. The smallest absolute Gasteiger partial charge is 0.348 e. The Morgan fingerprint density at radius 2 is 2.35 bits per heavy atom. The Kier molecular flexibility index (Phi) is 3.45. The minimum Gasteiger partial charge on any atom is -0.359 e. The molecule has 0 saturated heterocycles. The van der Waals surface area contributed by atoms with Crippen molar-refractivity contribution in [2.24, 2.45) is 0 Å². The summed E-state index contributed by atoms with van der Waals surface area (Å²) in [5.74, 6) is 0.100. The third-order valence-corrected chi connectivity index (χ3v) is 2.93. The molecular formula is C8H6ClN5O2S. The van der Waals surface area contributed by atoms with Crippen molar-refractivity contribution in [2.75, 3.05) is 5.32 Å². The van der Waals surface area contributed by atoms with Gasteiger partial charge >= 0.3 is 5.69 Å². The maximum atomic E-state index is 10.8. The molecule has 2 aromatic rings. The van der Waals surface area contributed by atoms with Crippen LogP contribution >= 0.6 is 22.9 Å². The van der Waals surface area contributed by atoms with Gasteiger partial charge in [-0.15, -0.1) is 11.3 Å². The van der Waals surface area contributed by atoms with Crippen LogP contribution in [0, 0.1) is 10.1 Å². The van der Waals surface area contributed by atoms with E-state index in [0.717, 1.165) is 4.88 Å². The van der Waals surface area contributed by atoms with Gasteiger partial charge in [-0.3, -0.25) is 15.1 Å². The molecule has 88 valence electrons. The molecule has 1 N–H and O–H groups in total. The number of hydrogen-bond acceptors (Lipinski definition) is 7. The predicted molar refractivity (Wildman–Crippen MR) is 63.1 cm³/mol. The molecule has 0 aliphatic carbocycles. The molecule has 7 nitrogen and oxygen atoms in total. The van der Waals surface area contributed by atoms with E-state index in [1.54, 1.807) is 11.7 Å². The molecule has 0 unspecified atom stereocenters. The van der Waals surface area contributed by atoms with Crippen molar-refractivity contribution >= 4 is 34.4 Å². The van der Waals surface area contributed by atoms with Crippen molar-refractivity contribution in [3.05, 3.63) is 38.2 Å². The van der Waals surface area contributed by atoms with Gasteiger partial charge in [0, 0.05) is 11.1 Å². The highest BCUT2D eigenvalue weighted by Gasteiger charge is 2.21. The van der Waals surface area contributed by atoms with Gasteiger partial charge in [0.1, 0.15) is 6.33 Å². The Labute approximate surface area is 105 Å². The highest BCUT2D eigenvalue weighted by atomic mass is 35.5. The molecule has 2 rings (SSSR count). The number of nitrogens with zero attached hydrogens (tertiary/aromatic N) is 4. The van der Waals surface area contributed by atoms with Gasteiger partial charge in [0.2, 0.25) is 11.0 Å². The predicted octanol–water partition coefficient (Wildman–Crippen LogP) is 2.11. The topological polar surface area (TPSA) is 93.8 Å². The lowest BCUT2D eigenvalue weighted by Gasteiger charge is -2.04. The summed E-state index contributed by atoms with van der Waals surface area (Å²) in [6.45, 7) is 0.402. The molecule has 0 amide bonds. The van der Waals surface area contributed by atoms with Crippen LogP contribution in [0.25, 0.3) is 0 Å². The maximum Gasteiger partial charge on any atom is 0.348 e. The Morgan fingerprint density at radius 1 is 1.53 bits per heavy atom. The van der Waals surface area contributed by atoms with Crippen LogP contribution in [0.15, 0.2) is 18.0 Å². The summed E-state index contributed by atoms with van der Waals surface area (Å²) in [6, 6.07) is 0. The SMILES string of the molecule is O=[N+]([O-])c1c(Cl)ncnc1NCc1cncs1. The summed E-state index contributed by atoms with van der Waals surface area (Å²) in [5.41, 5.74) is 1.36. The van der Waals surface area contributed by atoms with Gasteiger partial charge in [-0.1, -0.05) is 11.6 Å². The zero-order valence-corrected chi connectivity index (χ0v) is 9.90. The molecule has 0 spiro atoms. The van der Waals surface area contributed by atoms with Crippen LogP contribution in [0.1, 0.15) is 4.88 Å². The fourth-order valence-corrected chi connectivity index (χ4v) is 1.89. The minimum absolute atomic E-state index is 0.100. The highest BCUT2D eigenvalue weighted by Crippen LogP contribution is 2.28. The van der Waals surface area contributed by atoms with Crippen molar-refractivity contribution in [1.82, 2.24) is 15.0 Å². The molecule has 0 aromatic carbocycles. The van der Waals surface area contributed by atoms with Crippen molar-refractivity contribution in [3.63, 3.8) is 0 Å². The van der Waals surface area contributed by atoms with Crippen molar-refractivity contribution < 1.29 is 4.92 Å².